The first-order chi connectivity index (χ1) is 12.8. The van der Waals surface area contributed by atoms with Gasteiger partial charge in [-0.1, -0.05) is 11.2 Å². The minimum Gasteiger partial charge on any atom is -0.387 e. The first kappa shape index (κ1) is 16.8. The fraction of sp³-hybridized carbons (Fsp3) is 0.368. The highest BCUT2D eigenvalue weighted by atomic mass is 16.5. The van der Waals surface area contributed by atoms with Crippen molar-refractivity contribution in [2.45, 2.75) is 25.5 Å². The molecule has 26 heavy (non-hydrogen) atoms. The molecule has 3 aromatic heterocycles. The Kier molecular flexibility index (Phi) is 4.99. The number of likely N-dealkylation sites (tertiary alicyclic amines) is 1. The zero-order chi connectivity index (χ0) is 17.8. The van der Waals surface area contributed by atoms with Crippen molar-refractivity contribution in [3.63, 3.8) is 0 Å². The van der Waals surface area contributed by atoms with E-state index in [1.165, 1.54) is 0 Å². The lowest BCUT2D eigenvalue weighted by molar-refractivity contribution is 0.0511. The van der Waals surface area contributed by atoms with Crippen molar-refractivity contribution >= 4 is 0 Å². The predicted molar refractivity (Wildman–Crippen MR) is 94.7 cm³/mol. The van der Waals surface area contributed by atoms with Crippen molar-refractivity contribution < 1.29 is 9.63 Å². The molecule has 7 nitrogen and oxygen atoms in total. The van der Waals surface area contributed by atoms with Crippen LogP contribution in [0.3, 0.4) is 0 Å². The van der Waals surface area contributed by atoms with E-state index in [0.717, 1.165) is 37.2 Å². The third kappa shape index (κ3) is 3.79. The van der Waals surface area contributed by atoms with E-state index in [-0.39, 0.29) is 5.92 Å². The number of hydrogen-bond acceptors (Lipinski definition) is 7. The van der Waals surface area contributed by atoms with Crippen molar-refractivity contribution in [3.8, 4) is 11.4 Å². The third-order valence-electron chi connectivity index (χ3n) is 4.82. The van der Waals surface area contributed by atoms with E-state index in [0.29, 0.717) is 18.3 Å². The maximum atomic E-state index is 10.5. The van der Waals surface area contributed by atoms with Gasteiger partial charge in [-0.3, -0.25) is 14.9 Å². The molecule has 3 aromatic rings. The molecule has 0 aromatic carbocycles. The number of pyridine rings is 2. The Bertz CT molecular complexity index is 816. The summed E-state index contributed by atoms with van der Waals surface area (Å²) in [6.07, 6.45) is 6.50. The van der Waals surface area contributed by atoms with Gasteiger partial charge in [-0.15, -0.1) is 0 Å². The van der Waals surface area contributed by atoms with Gasteiger partial charge >= 0.3 is 0 Å². The van der Waals surface area contributed by atoms with Gasteiger partial charge in [0.1, 0.15) is 0 Å². The molecule has 1 atom stereocenters. The fourth-order valence-electron chi connectivity index (χ4n) is 3.34. The molecule has 0 bridgehead atoms. The van der Waals surface area contributed by atoms with Gasteiger partial charge in [-0.2, -0.15) is 4.98 Å². The zero-order valence-corrected chi connectivity index (χ0v) is 14.4. The van der Waals surface area contributed by atoms with Crippen molar-refractivity contribution in [1.82, 2.24) is 25.0 Å². The lowest BCUT2D eigenvalue weighted by Crippen LogP contribution is -2.35. The highest BCUT2D eigenvalue weighted by Gasteiger charge is 2.27. The number of aliphatic hydroxyl groups is 1. The van der Waals surface area contributed by atoms with E-state index >= 15 is 0 Å². The highest BCUT2D eigenvalue weighted by molar-refractivity contribution is 5.51. The second-order valence-corrected chi connectivity index (χ2v) is 6.57. The molecule has 1 N–H and O–H groups in total. The van der Waals surface area contributed by atoms with Crippen LogP contribution in [0.25, 0.3) is 11.4 Å². The molecule has 1 saturated heterocycles. The van der Waals surface area contributed by atoms with E-state index in [1.807, 2.05) is 30.3 Å². The third-order valence-corrected chi connectivity index (χ3v) is 4.82. The van der Waals surface area contributed by atoms with Crippen LogP contribution in [0.4, 0.5) is 0 Å². The normalized spacial score (nSPS) is 17.3. The Hall–Kier alpha value is -2.64. The SMILES string of the molecule is OC(c1ccccn1)C1CCN(Cc2nc(-c3cccnc3)no2)CC1. The van der Waals surface area contributed by atoms with Gasteiger partial charge in [0.2, 0.25) is 11.7 Å². The van der Waals surface area contributed by atoms with Crippen LogP contribution >= 0.6 is 0 Å². The molecule has 4 rings (SSSR count). The topological polar surface area (TPSA) is 88.2 Å². The minimum atomic E-state index is -0.501. The molecular weight excluding hydrogens is 330 g/mol. The molecule has 1 aliphatic rings. The van der Waals surface area contributed by atoms with Gasteiger partial charge in [0.05, 0.1) is 18.3 Å². The molecule has 0 aliphatic carbocycles. The zero-order valence-electron chi connectivity index (χ0n) is 14.4. The van der Waals surface area contributed by atoms with Gasteiger partial charge in [0.15, 0.2) is 0 Å². The number of rotatable bonds is 5. The molecule has 0 spiro atoms. The molecule has 1 unspecified atom stereocenters. The molecule has 134 valence electrons. The van der Waals surface area contributed by atoms with Gasteiger partial charge in [-0.25, -0.2) is 0 Å². The van der Waals surface area contributed by atoms with Gasteiger partial charge in [0, 0.05) is 24.2 Å². The van der Waals surface area contributed by atoms with Crippen molar-refractivity contribution in [1.29, 1.82) is 0 Å². The molecule has 7 heteroatoms. The van der Waals surface area contributed by atoms with E-state index in [2.05, 4.69) is 25.0 Å². The molecule has 0 saturated carbocycles. The number of aliphatic hydroxyl groups excluding tert-OH is 1. The Balaban J connectivity index is 1.32. The van der Waals surface area contributed by atoms with Crippen LogP contribution in [-0.2, 0) is 6.54 Å². The second-order valence-electron chi connectivity index (χ2n) is 6.57. The first-order valence-corrected chi connectivity index (χ1v) is 8.84. The van der Waals surface area contributed by atoms with E-state index in [9.17, 15) is 5.11 Å². The average Bonchev–Trinajstić information content (AvgIpc) is 3.18. The van der Waals surface area contributed by atoms with Crippen LogP contribution in [-0.4, -0.2) is 43.2 Å². The molecular formula is C19H21N5O2. The fourth-order valence-corrected chi connectivity index (χ4v) is 3.34. The Morgan fingerprint density at radius 2 is 2.04 bits per heavy atom. The summed E-state index contributed by atoms with van der Waals surface area (Å²) >= 11 is 0. The van der Waals surface area contributed by atoms with Gasteiger partial charge in [-0.05, 0) is 56.1 Å². The average molecular weight is 351 g/mol. The summed E-state index contributed by atoms with van der Waals surface area (Å²) in [6.45, 7) is 2.40. The molecule has 0 amide bonds. The summed E-state index contributed by atoms with van der Waals surface area (Å²) in [5.41, 5.74) is 1.60. The number of piperidine rings is 1. The lowest BCUT2D eigenvalue weighted by Gasteiger charge is -2.33. The first-order valence-electron chi connectivity index (χ1n) is 8.84. The van der Waals surface area contributed by atoms with E-state index in [4.69, 9.17) is 4.52 Å². The van der Waals surface area contributed by atoms with Crippen LogP contribution < -0.4 is 0 Å². The van der Waals surface area contributed by atoms with Crippen LogP contribution in [0.2, 0.25) is 0 Å². The molecule has 1 aliphatic heterocycles. The van der Waals surface area contributed by atoms with Gasteiger partial charge in [0.25, 0.3) is 0 Å². The number of aromatic nitrogens is 4. The summed E-state index contributed by atoms with van der Waals surface area (Å²) in [6, 6.07) is 9.42. The quantitative estimate of drug-likeness (QED) is 0.755. The van der Waals surface area contributed by atoms with Crippen molar-refractivity contribution in [2.24, 2.45) is 5.92 Å². The number of hydrogen-bond donors (Lipinski definition) is 1. The Labute approximate surface area is 151 Å². The molecule has 0 radical (unpaired) electrons. The monoisotopic (exact) mass is 351 g/mol. The largest absolute Gasteiger partial charge is 0.387 e. The number of nitrogens with zero attached hydrogens (tertiary/aromatic N) is 5. The van der Waals surface area contributed by atoms with E-state index < -0.39 is 6.10 Å². The highest BCUT2D eigenvalue weighted by Crippen LogP contribution is 2.30. The lowest BCUT2D eigenvalue weighted by atomic mass is 9.89. The Morgan fingerprint density at radius 3 is 2.77 bits per heavy atom. The van der Waals surface area contributed by atoms with Crippen LogP contribution in [0.5, 0.6) is 0 Å². The second kappa shape index (κ2) is 7.72. The summed E-state index contributed by atoms with van der Waals surface area (Å²) in [4.78, 5) is 15.1. The minimum absolute atomic E-state index is 0.231. The summed E-state index contributed by atoms with van der Waals surface area (Å²) in [7, 11) is 0. The maximum Gasteiger partial charge on any atom is 0.241 e. The van der Waals surface area contributed by atoms with Crippen LogP contribution in [0.1, 0.15) is 30.5 Å². The smallest absolute Gasteiger partial charge is 0.241 e. The van der Waals surface area contributed by atoms with Gasteiger partial charge < -0.3 is 9.63 Å². The van der Waals surface area contributed by atoms with Crippen molar-refractivity contribution in [2.75, 3.05) is 13.1 Å². The molecule has 1 fully saturated rings. The summed E-state index contributed by atoms with van der Waals surface area (Å²) < 4.78 is 5.38. The standard InChI is InChI=1S/C19H21N5O2/c25-18(16-5-1-2-9-21-16)14-6-10-24(11-7-14)13-17-22-19(23-26-17)15-4-3-8-20-12-15/h1-5,8-9,12,14,18,25H,6-7,10-11,13H2. The predicted octanol–water partition coefficient (Wildman–Crippen LogP) is 2.47. The van der Waals surface area contributed by atoms with Crippen LogP contribution in [0, 0.1) is 5.92 Å². The Morgan fingerprint density at radius 1 is 1.15 bits per heavy atom. The summed E-state index contributed by atoms with van der Waals surface area (Å²) in [5, 5.41) is 14.6. The van der Waals surface area contributed by atoms with Crippen LogP contribution in [0.15, 0.2) is 53.4 Å². The van der Waals surface area contributed by atoms with Crippen molar-refractivity contribution in [3.05, 3.63) is 60.5 Å². The maximum absolute atomic E-state index is 10.5. The summed E-state index contributed by atoms with van der Waals surface area (Å²) in [5.74, 6) is 1.40. The molecule has 4 heterocycles. The van der Waals surface area contributed by atoms with E-state index in [1.54, 1.807) is 18.6 Å².